The van der Waals surface area contributed by atoms with E-state index < -0.39 is 0 Å². The van der Waals surface area contributed by atoms with Crippen molar-refractivity contribution in [1.82, 2.24) is 0 Å². The fourth-order valence-corrected chi connectivity index (χ4v) is 4.13. The van der Waals surface area contributed by atoms with Crippen LogP contribution in [0.15, 0.2) is 127 Å². The molecular formula is C31H26NO+. The van der Waals surface area contributed by atoms with Gasteiger partial charge in [0.15, 0.2) is 6.54 Å². The lowest BCUT2D eigenvalue weighted by molar-refractivity contribution is -0.473. The SMILES string of the molecule is CC1=C(c2ccccc2)Oc2ccccc2C1=CC(=[NH+]Cc1ccccc1)c1ccccc1. The average Bonchev–Trinajstić information content (AvgIpc) is 2.89. The third-order valence-electron chi connectivity index (χ3n) is 5.87. The molecule has 2 heteroatoms. The highest BCUT2D eigenvalue weighted by atomic mass is 16.5. The van der Waals surface area contributed by atoms with Crippen LogP contribution in [0.25, 0.3) is 11.3 Å². The second-order valence-corrected chi connectivity index (χ2v) is 8.10. The molecule has 0 saturated carbocycles. The molecule has 0 fully saturated rings. The van der Waals surface area contributed by atoms with Crippen LogP contribution in [0.4, 0.5) is 0 Å². The summed E-state index contributed by atoms with van der Waals surface area (Å²) in [6.45, 7) is 2.89. The Kier molecular flexibility index (Phi) is 5.99. The zero-order valence-corrected chi connectivity index (χ0v) is 18.7. The maximum Gasteiger partial charge on any atom is 0.206 e. The Morgan fingerprint density at radius 2 is 1.33 bits per heavy atom. The molecule has 0 spiro atoms. The summed E-state index contributed by atoms with van der Waals surface area (Å²) in [6.07, 6.45) is 2.26. The molecule has 0 amide bonds. The summed E-state index contributed by atoms with van der Waals surface area (Å²) in [7, 11) is 0. The topological polar surface area (TPSA) is 23.2 Å². The van der Waals surface area contributed by atoms with E-state index >= 15 is 0 Å². The van der Waals surface area contributed by atoms with Crippen LogP contribution in [0.5, 0.6) is 5.75 Å². The molecule has 5 rings (SSSR count). The molecule has 1 N–H and O–H groups in total. The second kappa shape index (κ2) is 9.54. The van der Waals surface area contributed by atoms with E-state index in [0.29, 0.717) is 0 Å². The molecule has 0 atom stereocenters. The number of ether oxygens (including phenoxy) is 1. The molecule has 33 heavy (non-hydrogen) atoms. The Balaban J connectivity index is 1.66. The first-order chi connectivity index (χ1) is 16.3. The van der Waals surface area contributed by atoms with Gasteiger partial charge in [-0.05, 0) is 30.7 Å². The van der Waals surface area contributed by atoms with Gasteiger partial charge in [0.2, 0.25) is 5.71 Å². The van der Waals surface area contributed by atoms with Crippen LogP contribution in [0.1, 0.15) is 29.2 Å². The largest absolute Gasteiger partial charge is 0.456 e. The van der Waals surface area contributed by atoms with Gasteiger partial charge in [-0.1, -0.05) is 97.1 Å². The minimum atomic E-state index is 0.751. The van der Waals surface area contributed by atoms with Gasteiger partial charge in [0.05, 0.1) is 0 Å². The third-order valence-corrected chi connectivity index (χ3v) is 5.87. The van der Waals surface area contributed by atoms with E-state index in [9.17, 15) is 0 Å². The first kappa shape index (κ1) is 20.7. The van der Waals surface area contributed by atoms with Gasteiger partial charge in [0.25, 0.3) is 0 Å². The van der Waals surface area contributed by atoms with Crippen LogP contribution < -0.4 is 9.73 Å². The molecule has 0 radical (unpaired) electrons. The Bertz CT molecular complexity index is 1330. The highest BCUT2D eigenvalue weighted by molar-refractivity contribution is 6.12. The van der Waals surface area contributed by atoms with Crippen LogP contribution in [0.3, 0.4) is 0 Å². The van der Waals surface area contributed by atoms with Gasteiger partial charge in [0.1, 0.15) is 11.5 Å². The number of hydrogen-bond acceptors (Lipinski definition) is 1. The predicted octanol–water partition coefficient (Wildman–Crippen LogP) is 5.66. The summed E-state index contributed by atoms with van der Waals surface area (Å²) < 4.78 is 6.39. The Hall–Kier alpha value is -4.17. The monoisotopic (exact) mass is 428 g/mol. The van der Waals surface area contributed by atoms with Crippen LogP contribution in [-0.2, 0) is 6.54 Å². The minimum absolute atomic E-state index is 0.751. The molecule has 1 aliphatic rings. The van der Waals surface area contributed by atoms with Crippen molar-refractivity contribution in [3.8, 4) is 5.75 Å². The van der Waals surface area contributed by atoms with Gasteiger partial charge in [-0.15, -0.1) is 0 Å². The zero-order chi connectivity index (χ0) is 22.5. The van der Waals surface area contributed by atoms with E-state index in [2.05, 4.69) is 90.8 Å². The van der Waals surface area contributed by atoms with E-state index in [0.717, 1.165) is 51.6 Å². The maximum atomic E-state index is 6.39. The molecular weight excluding hydrogens is 402 g/mol. The Labute approximate surface area is 195 Å². The summed E-state index contributed by atoms with van der Waals surface area (Å²) in [6, 6.07) is 39.6. The number of hydrogen-bond donors (Lipinski definition) is 1. The van der Waals surface area contributed by atoms with Crippen LogP contribution >= 0.6 is 0 Å². The second-order valence-electron chi connectivity index (χ2n) is 8.10. The smallest absolute Gasteiger partial charge is 0.206 e. The number of benzene rings is 4. The molecule has 0 unspecified atom stereocenters. The van der Waals surface area contributed by atoms with E-state index in [-0.39, 0.29) is 0 Å². The quantitative estimate of drug-likeness (QED) is 0.407. The van der Waals surface area contributed by atoms with Crippen molar-refractivity contribution in [2.45, 2.75) is 13.5 Å². The van der Waals surface area contributed by atoms with Gasteiger partial charge < -0.3 is 4.74 Å². The van der Waals surface area contributed by atoms with Crippen molar-refractivity contribution < 1.29 is 9.73 Å². The maximum absolute atomic E-state index is 6.39. The van der Waals surface area contributed by atoms with E-state index in [4.69, 9.17) is 4.74 Å². The zero-order valence-electron chi connectivity index (χ0n) is 18.7. The van der Waals surface area contributed by atoms with E-state index in [1.54, 1.807) is 0 Å². The predicted molar refractivity (Wildman–Crippen MR) is 136 cm³/mol. The lowest BCUT2D eigenvalue weighted by Crippen LogP contribution is -2.71. The summed E-state index contributed by atoms with van der Waals surface area (Å²) in [5, 5.41) is 0. The molecule has 0 saturated heterocycles. The van der Waals surface area contributed by atoms with Crippen LogP contribution in [-0.4, -0.2) is 5.71 Å². The standard InChI is InChI=1S/C31H25NO/c1-23-28(27-19-11-12-20-30(27)33-31(23)26-17-9-4-10-18-26)21-29(25-15-7-3-8-16-25)32-22-24-13-5-2-6-14-24/h2-21H,22H2,1H3/p+1. The highest BCUT2D eigenvalue weighted by Crippen LogP contribution is 2.41. The van der Waals surface area contributed by atoms with Crippen molar-refractivity contribution in [3.05, 3.63) is 149 Å². The molecule has 1 heterocycles. The number of allylic oxidation sites excluding steroid dienone is 3. The molecule has 2 nitrogen and oxygen atoms in total. The van der Waals surface area contributed by atoms with Crippen molar-refractivity contribution in [2.75, 3.05) is 0 Å². The first-order valence-corrected chi connectivity index (χ1v) is 11.3. The number of fused-ring (bicyclic) bond motifs is 1. The fraction of sp³-hybridized carbons (Fsp3) is 0.0645. The molecule has 160 valence electrons. The van der Waals surface area contributed by atoms with Gasteiger partial charge in [-0.25, -0.2) is 4.99 Å². The number of para-hydroxylation sites is 1. The lowest BCUT2D eigenvalue weighted by Gasteiger charge is -2.24. The first-order valence-electron chi connectivity index (χ1n) is 11.3. The van der Waals surface area contributed by atoms with E-state index in [1.807, 2.05) is 42.5 Å². The lowest BCUT2D eigenvalue weighted by atomic mass is 9.91. The van der Waals surface area contributed by atoms with Crippen molar-refractivity contribution in [3.63, 3.8) is 0 Å². The van der Waals surface area contributed by atoms with Gasteiger partial charge >= 0.3 is 0 Å². The molecule has 1 aliphatic heterocycles. The van der Waals surface area contributed by atoms with Gasteiger partial charge in [0, 0.05) is 33.9 Å². The number of rotatable bonds is 5. The van der Waals surface area contributed by atoms with Crippen LogP contribution in [0.2, 0.25) is 0 Å². The summed E-state index contributed by atoms with van der Waals surface area (Å²) in [5.41, 5.74) is 7.94. The molecule has 4 aromatic carbocycles. The summed E-state index contributed by atoms with van der Waals surface area (Å²) in [5.74, 6) is 1.78. The third kappa shape index (κ3) is 4.56. The van der Waals surface area contributed by atoms with Crippen LogP contribution in [0, 0.1) is 0 Å². The summed E-state index contributed by atoms with van der Waals surface area (Å²) in [4.78, 5) is 3.68. The molecule has 4 aromatic rings. The number of nitrogens with one attached hydrogen (secondary N) is 1. The highest BCUT2D eigenvalue weighted by Gasteiger charge is 2.24. The van der Waals surface area contributed by atoms with Gasteiger partial charge in [-0.3, -0.25) is 0 Å². The fourth-order valence-electron chi connectivity index (χ4n) is 4.13. The molecule has 0 bridgehead atoms. The van der Waals surface area contributed by atoms with Crippen molar-refractivity contribution in [2.24, 2.45) is 0 Å². The average molecular weight is 429 g/mol. The van der Waals surface area contributed by atoms with Crippen molar-refractivity contribution >= 4 is 17.0 Å². The van der Waals surface area contributed by atoms with E-state index in [1.165, 1.54) is 5.56 Å². The van der Waals surface area contributed by atoms with Crippen molar-refractivity contribution in [1.29, 1.82) is 0 Å². The normalized spacial score (nSPS) is 14.7. The Morgan fingerprint density at radius 1 is 0.727 bits per heavy atom. The molecule has 0 aliphatic carbocycles. The minimum Gasteiger partial charge on any atom is -0.456 e. The molecule has 0 aromatic heterocycles. The van der Waals surface area contributed by atoms with Gasteiger partial charge in [-0.2, -0.15) is 0 Å². The summed E-state index contributed by atoms with van der Waals surface area (Å²) >= 11 is 0. The Morgan fingerprint density at radius 3 is 2.06 bits per heavy atom.